The molecule has 1 aromatic carbocycles. The van der Waals surface area contributed by atoms with Crippen molar-refractivity contribution in [3.63, 3.8) is 0 Å². The minimum absolute atomic E-state index is 0.182. The number of aromatic nitrogens is 2. The van der Waals surface area contributed by atoms with Crippen LogP contribution in [0.15, 0.2) is 52.2 Å². The third kappa shape index (κ3) is 6.41. The molecule has 7 nitrogen and oxygen atoms in total. The molecule has 0 spiro atoms. The molecule has 0 amide bonds. The molecule has 0 aliphatic heterocycles. The minimum atomic E-state index is -1.09. The fourth-order valence-corrected chi connectivity index (χ4v) is 3.26. The van der Waals surface area contributed by atoms with Crippen LogP contribution in [0.2, 0.25) is 0 Å². The van der Waals surface area contributed by atoms with E-state index in [1.54, 1.807) is 6.92 Å². The zero-order chi connectivity index (χ0) is 18.9. The van der Waals surface area contributed by atoms with Crippen LogP contribution in [0.25, 0.3) is 0 Å². The first-order valence-corrected chi connectivity index (χ1v) is 10.2. The Morgan fingerprint density at radius 2 is 1.92 bits per heavy atom. The van der Waals surface area contributed by atoms with E-state index < -0.39 is 25.9 Å². The van der Waals surface area contributed by atoms with E-state index in [2.05, 4.69) is 11.9 Å². The molecular weight excluding hydrogens is 355 g/mol. The van der Waals surface area contributed by atoms with Crippen LogP contribution in [0, 0.1) is 0 Å². The van der Waals surface area contributed by atoms with Crippen LogP contribution in [0.1, 0.15) is 32.9 Å². The van der Waals surface area contributed by atoms with Gasteiger partial charge in [0, 0.05) is 18.9 Å². The van der Waals surface area contributed by atoms with Gasteiger partial charge in [0.25, 0.3) is 5.56 Å². The predicted molar refractivity (Wildman–Crippen MR) is 102 cm³/mol. The molecule has 0 fully saturated rings. The number of nitrogens with zero attached hydrogens (tertiary/aromatic N) is 1. The second-order valence-corrected chi connectivity index (χ2v) is 7.12. The molecule has 0 bridgehead atoms. The maximum atomic E-state index is 11.9. The Kier molecular flexibility index (Phi) is 8.04. The van der Waals surface area contributed by atoms with E-state index >= 15 is 0 Å². The summed E-state index contributed by atoms with van der Waals surface area (Å²) in [5, 5.41) is 0. The van der Waals surface area contributed by atoms with E-state index in [-0.39, 0.29) is 6.10 Å². The number of ether oxygens (including phenoxy) is 1. The van der Waals surface area contributed by atoms with E-state index in [0.717, 1.165) is 18.6 Å². The molecule has 2 rings (SSSR count). The lowest BCUT2D eigenvalue weighted by Gasteiger charge is -2.24. The number of hydrogen-bond acceptors (Lipinski definition) is 5. The molecule has 26 heavy (non-hydrogen) atoms. The summed E-state index contributed by atoms with van der Waals surface area (Å²) in [5.74, 6) is 0.766. The van der Waals surface area contributed by atoms with Crippen LogP contribution in [-0.2, 0) is 9.26 Å². The molecule has 0 aliphatic carbocycles. The number of H-pyrrole nitrogens is 1. The average Bonchev–Trinajstić information content (AvgIpc) is 2.60. The molecule has 1 heterocycles. The lowest BCUT2D eigenvalue weighted by atomic mass is 10.2. The summed E-state index contributed by atoms with van der Waals surface area (Å²) >= 11 is 0. The Morgan fingerprint density at radius 3 is 2.58 bits per heavy atom. The molecule has 142 valence electrons. The van der Waals surface area contributed by atoms with Gasteiger partial charge < -0.3 is 13.8 Å². The van der Waals surface area contributed by atoms with E-state index in [1.165, 1.54) is 16.8 Å². The van der Waals surface area contributed by atoms with Gasteiger partial charge >= 0.3 is 5.69 Å². The van der Waals surface area contributed by atoms with Gasteiger partial charge in [0.15, 0.2) is 0 Å². The molecule has 1 N–H and O–H groups in total. The highest BCUT2D eigenvalue weighted by Crippen LogP contribution is 2.35. The molecule has 3 atom stereocenters. The minimum Gasteiger partial charge on any atom is -0.448 e. The second kappa shape index (κ2) is 10.3. The highest BCUT2D eigenvalue weighted by atomic mass is 31.2. The van der Waals surface area contributed by atoms with Gasteiger partial charge in [-0.15, -0.1) is 0 Å². The number of rotatable bonds is 10. The number of aromatic amines is 1. The average molecular weight is 380 g/mol. The molecule has 2 aromatic rings. The van der Waals surface area contributed by atoms with Gasteiger partial charge in [0.05, 0.1) is 12.7 Å². The molecule has 0 aliphatic rings. The SMILES string of the molecule is CCC[C@@H](COP(C)Oc1ccccc1)O[C@H](C)n1ccc(=O)[nH]c1=O. The van der Waals surface area contributed by atoms with Crippen molar-refractivity contribution in [1.82, 2.24) is 9.55 Å². The fraction of sp³-hybridized carbons (Fsp3) is 0.444. The van der Waals surface area contributed by atoms with Gasteiger partial charge in [-0.3, -0.25) is 14.3 Å². The Hall–Kier alpha value is -1.95. The van der Waals surface area contributed by atoms with Gasteiger partial charge in [-0.05, 0) is 25.5 Å². The van der Waals surface area contributed by atoms with Crippen molar-refractivity contribution in [3.8, 4) is 5.75 Å². The summed E-state index contributed by atoms with van der Waals surface area (Å²) in [6.07, 6.45) is 2.44. The standard InChI is InChI=1S/C18H25N2O5P/c1-4-8-16(13-23-26(3)25-15-9-6-5-7-10-15)24-14(2)20-12-11-17(21)19-18(20)22/h5-7,9-12,14,16H,4,8,13H2,1-3H3,(H,19,21,22)/t14-,16+,26?/m1/s1. The van der Waals surface area contributed by atoms with Gasteiger partial charge in [0.1, 0.15) is 12.0 Å². The summed E-state index contributed by atoms with van der Waals surface area (Å²) in [4.78, 5) is 25.3. The number of benzene rings is 1. The van der Waals surface area contributed by atoms with E-state index in [9.17, 15) is 9.59 Å². The molecule has 0 saturated heterocycles. The smallest absolute Gasteiger partial charge is 0.330 e. The normalized spacial score (nSPS) is 14.6. The molecular formula is C18H25N2O5P. The summed E-state index contributed by atoms with van der Waals surface area (Å²) in [7, 11) is -1.09. The first kappa shape index (κ1) is 20.4. The van der Waals surface area contributed by atoms with Crippen molar-refractivity contribution in [3.05, 3.63) is 63.4 Å². The van der Waals surface area contributed by atoms with Crippen LogP contribution in [0.4, 0.5) is 0 Å². The van der Waals surface area contributed by atoms with Gasteiger partial charge in [0.2, 0.25) is 8.38 Å². The highest BCUT2D eigenvalue weighted by Gasteiger charge is 2.17. The predicted octanol–water partition coefficient (Wildman–Crippen LogP) is 3.28. The zero-order valence-corrected chi connectivity index (χ0v) is 16.1. The molecule has 1 unspecified atom stereocenters. The van der Waals surface area contributed by atoms with Crippen molar-refractivity contribution >= 4 is 8.38 Å². The lowest BCUT2D eigenvalue weighted by Crippen LogP contribution is -2.33. The van der Waals surface area contributed by atoms with Gasteiger partial charge in [-0.2, -0.15) is 0 Å². The first-order valence-electron chi connectivity index (χ1n) is 8.56. The van der Waals surface area contributed by atoms with E-state index in [0.29, 0.717) is 6.61 Å². The van der Waals surface area contributed by atoms with Crippen LogP contribution >= 0.6 is 8.38 Å². The van der Waals surface area contributed by atoms with Crippen molar-refractivity contribution in [2.45, 2.75) is 39.0 Å². The maximum Gasteiger partial charge on any atom is 0.330 e. The number of hydrogen-bond donors (Lipinski definition) is 1. The highest BCUT2D eigenvalue weighted by molar-refractivity contribution is 7.46. The molecule has 1 aromatic heterocycles. The maximum absolute atomic E-state index is 11.9. The Bertz CT molecular complexity index is 777. The van der Waals surface area contributed by atoms with Crippen molar-refractivity contribution < 1.29 is 13.8 Å². The Balaban J connectivity index is 1.91. The summed E-state index contributed by atoms with van der Waals surface area (Å²) < 4.78 is 18.9. The van der Waals surface area contributed by atoms with Crippen LogP contribution in [-0.4, -0.2) is 28.9 Å². The summed E-state index contributed by atoms with van der Waals surface area (Å²) in [6, 6.07) is 10.8. The fourth-order valence-electron chi connectivity index (χ4n) is 2.41. The molecule has 8 heteroatoms. The monoisotopic (exact) mass is 380 g/mol. The second-order valence-electron chi connectivity index (χ2n) is 5.80. The first-order chi connectivity index (χ1) is 12.5. The van der Waals surface area contributed by atoms with E-state index in [1.807, 2.05) is 37.0 Å². The third-order valence-corrected chi connectivity index (χ3v) is 4.64. The van der Waals surface area contributed by atoms with Crippen LogP contribution < -0.4 is 15.8 Å². The topological polar surface area (TPSA) is 82.6 Å². The van der Waals surface area contributed by atoms with Crippen LogP contribution in [0.5, 0.6) is 5.75 Å². The number of para-hydroxylation sites is 1. The number of nitrogens with one attached hydrogen (secondary N) is 1. The molecule has 0 saturated carbocycles. The Labute approximate surface area is 153 Å². The Morgan fingerprint density at radius 1 is 1.19 bits per heavy atom. The zero-order valence-electron chi connectivity index (χ0n) is 15.3. The van der Waals surface area contributed by atoms with Gasteiger partial charge in [-0.25, -0.2) is 4.79 Å². The third-order valence-electron chi connectivity index (χ3n) is 3.66. The van der Waals surface area contributed by atoms with Crippen LogP contribution in [0.3, 0.4) is 0 Å². The van der Waals surface area contributed by atoms with Crippen molar-refractivity contribution in [2.75, 3.05) is 13.3 Å². The van der Waals surface area contributed by atoms with Crippen molar-refractivity contribution in [1.29, 1.82) is 0 Å². The summed E-state index contributed by atoms with van der Waals surface area (Å²) in [5.41, 5.74) is -0.923. The van der Waals surface area contributed by atoms with E-state index in [4.69, 9.17) is 13.8 Å². The lowest BCUT2D eigenvalue weighted by molar-refractivity contribution is -0.0658. The quantitative estimate of drug-likeness (QED) is 0.640. The van der Waals surface area contributed by atoms with Gasteiger partial charge in [-0.1, -0.05) is 31.5 Å². The largest absolute Gasteiger partial charge is 0.448 e. The van der Waals surface area contributed by atoms with Crippen molar-refractivity contribution in [2.24, 2.45) is 0 Å². The molecule has 0 radical (unpaired) electrons. The summed E-state index contributed by atoms with van der Waals surface area (Å²) in [6.45, 7) is 6.08.